The second kappa shape index (κ2) is 13.8. The highest BCUT2D eigenvalue weighted by Crippen LogP contribution is 2.47. The highest BCUT2D eigenvalue weighted by molar-refractivity contribution is 5.90. The van der Waals surface area contributed by atoms with Crippen LogP contribution in [0.2, 0.25) is 0 Å². The van der Waals surface area contributed by atoms with E-state index in [1.807, 2.05) is 19.1 Å². The van der Waals surface area contributed by atoms with E-state index >= 15 is 4.39 Å². The molecule has 1 aromatic carbocycles. The summed E-state index contributed by atoms with van der Waals surface area (Å²) in [5.74, 6) is -1.85. The van der Waals surface area contributed by atoms with Crippen molar-refractivity contribution in [3.05, 3.63) is 82.8 Å². The number of pyridine rings is 2. The van der Waals surface area contributed by atoms with E-state index in [2.05, 4.69) is 11.6 Å². The molecule has 0 bridgehead atoms. The summed E-state index contributed by atoms with van der Waals surface area (Å²) in [6, 6.07) is 5.30. The molecule has 7 rings (SSSR count). The van der Waals surface area contributed by atoms with Gasteiger partial charge in [0.05, 0.1) is 48.4 Å². The summed E-state index contributed by atoms with van der Waals surface area (Å²) in [7, 11) is 1.50. The van der Waals surface area contributed by atoms with Gasteiger partial charge in [-0.15, -0.1) is 0 Å². The Labute approximate surface area is 291 Å². The summed E-state index contributed by atoms with van der Waals surface area (Å²) in [4.78, 5) is 25.5. The molecule has 5 heterocycles. The largest absolute Gasteiger partial charge is 0.490 e. The number of hydrogen-bond donors (Lipinski definition) is 0. The number of alkyl halides is 3. The number of hydrogen-bond acceptors (Lipinski definition) is 7. The van der Waals surface area contributed by atoms with E-state index in [4.69, 9.17) is 19.6 Å². The molecule has 3 aromatic heterocycles. The number of rotatable bonds is 9. The molecule has 0 saturated heterocycles. The highest BCUT2D eigenvalue weighted by Gasteiger charge is 2.35. The monoisotopic (exact) mass is 708 g/mol. The minimum Gasteiger partial charge on any atom is -0.490 e. The minimum absolute atomic E-state index is 0.00486. The maximum absolute atomic E-state index is 16.2. The Bertz CT molecular complexity index is 2010. The Morgan fingerprint density at radius 1 is 1.02 bits per heavy atom. The van der Waals surface area contributed by atoms with Gasteiger partial charge in [0.25, 0.3) is 0 Å². The van der Waals surface area contributed by atoms with Crippen LogP contribution in [0.15, 0.2) is 43.1 Å². The van der Waals surface area contributed by atoms with Gasteiger partial charge in [0.1, 0.15) is 29.7 Å². The van der Waals surface area contributed by atoms with Crippen LogP contribution < -0.4 is 4.74 Å². The summed E-state index contributed by atoms with van der Waals surface area (Å²) in [5, 5.41) is 4.91. The first-order valence-electron chi connectivity index (χ1n) is 16.9. The van der Waals surface area contributed by atoms with E-state index in [1.54, 1.807) is 15.8 Å². The van der Waals surface area contributed by atoms with E-state index < -0.39 is 24.4 Å². The molecule has 1 aliphatic carbocycles. The van der Waals surface area contributed by atoms with Gasteiger partial charge in [0.2, 0.25) is 5.91 Å². The predicted molar refractivity (Wildman–Crippen MR) is 179 cm³/mol. The third-order valence-corrected chi connectivity index (χ3v) is 9.83. The number of aromatic nitrogens is 4. The molecule has 51 heavy (non-hydrogen) atoms. The second-order valence-corrected chi connectivity index (χ2v) is 13.1. The predicted octanol–water partition coefficient (Wildman–Crippen LogP) is 6.48. The molecule has 3 aliphatic rings. The Kier molecular flexibility index (Phi) is 9.40. The molecule has 4 aromatic rings. The molecule has 2 aliphatic heterocycles. The van der Waals surface area contributed by atoms with Crippen molar-refractivity contribution < 1.29 is 36.2 Å². The van der Waals surface area contributed by atoms with Crippen LogP contribution >= 0.6 is 0 Å². The second-order valence-electron chi connectivity index (χ2n) is 13.1. The first kappa shape index (κ1) is 34.7. The lowest BCUT2D eigenvalue weighted by molar-refractivity contribution is -0.147. The standard InChI is InChI=1S/C37H37F5N6O3/c1-4-32(49)47-10-11-48-30(21(47)2)17-29(45-48)36-33(34-27(39)15-24(38)16-31(34)51-13-12-50-3)25-6-5-7-26(25)35(44-36)22-14-23-19-46(20-37(40,41)42)9-8-28(23)43-18-22/h4,14-18,21H,1,5-13,19-20H2,2-3H3/t21-/m1/s1. The average Bonchev–Trinajstić information content (AvgIpc) is 3.75. The van der Waals surface area contributed by atoms with Crippen LogP contribution in [0, 0.1) is 11.6 Å². The molecule has 14 heteroatoms. The third kappa shape index (κ3) is 6.74. The molecule has 0 fully saturated rings. The molecule has 0 radical (unpaired) electrons. The van der Waals surface area contributed by atoms with Crippen molar-refractivity contribution in [1.82, 2.24) is 29.5 Å². The van der Waals surface area contributed by atoms with Crippen LogP contribution in [-0.2, 0) is 41.9 Å². The Hall–Kier alpha value is -4.69. The van der Waals surface area contributed by atoms with Crippen LogP contribution in [-0.4, -0.2) is 81.6 Å². The Morgan fingerprint density at radius 3 is 2.59 bits per heavy atom. The minimum atomic E-state index is -4.32. The molecule has 0 saturated carbocycles. The lowest BCUT2D eigenvalue weighted by atomic mass is 9.90. The maximum atomic E-state index is 16.2. The Balaban J connectivity index is 1.42. The van der Waals surface area contributed by atoms with Gasteiger partial charge in [-0.05, 0) is 61.1 Å². The van der Waals surface area contributed by atoms with Gasteiger partial charge in [-0.3, -0.25) is 19.4 Å². The van der Waals surface area contributed by atoms with Crippen LogP contribution in [0.5, 0.6) is 5.75 Å². The molecular weight excluding hydrogens is 671 g/mol. The number of nitrogens with zero attached hydrogens (tertiary/aromatic N) is 6. The maximum Gasteiger partial charge on any atom is 0.401 e. The van der Waals surface area contributed by atoms with E-state index in [9.17, 15) is 22.4 Å². The SMILES string of the molecule is C=CC(=O)N1CCn2nc(-c3nc(-c4cnc5c(c4)CN(CC(F)(F)F)CC5)c4c(c3-c3c(F)cc(F)cc3OCCOC)CCC4)cc2[C@H]1C. The van der Waals surface area contributed by atoms with Gasteiger partial charge < -0.3 is 14.4 Å². The summed E-state index contributed by atoms with van der Waals surface area (Å²) in [6.45, 7) is 5.91. The fourth-order valence-corrected chi connectivity index (χ4v) is 7.53. The van der Waals surface area contributed by atoms with Crippen LogP contribution in [0.4, 0.5) is 22.0 Å². The molecule has 1 atom stereocenters. The first-order valence-corrected chi connectivity index (χ1v) is 16.9. The van der Waals surface area contributed by atoms with Crippen molar-refractivity contribution in [2.24, 2.45) is 0 Å². The van der Waals surface area contributed by atoms with Gasteiger partial charge in [0, 0.05) is 68.3 Å². The quantitative estimate of drug-likeness (QED) is 0.112. The third-order valence-electron chi connectivity index (χ3n) is 9.83. The topological polar surface area (TPSA) is 85.6 Å². The van der Waals surface area contributed by atoms with Gasteiger partial charge >= 0.3 is 6.18 Å². The summed E-state index contributed by atoms with van der Waals surface area (Å²) in [6.07, 6.45) is 0.934. The smallest absolute Gasteiger partial charge is 0.401 e. The first-order chi connectivity index (χ1) is 24.5. The van der Waals surface area contributed by atoms with Gasteiger partial charge in [-0.25, -0.2) is 13.8 Å². The van der Waals surface area contributed by atoms with E-state index in [1.165, 1.54) is 18.1 Å². The van der Waals surface area contributed by atoms with E-state index in [0.717, 1.165) is 41.1 Å². The number of carbonyl (C=O) groups is 1. The van der Waals surface area contributed by atoms with Crippen molar-refractivity contribution in [2.45, 2.75) is 57.9 Å². The van der Waals surface area contributed by atoms with Crippen molar-refractivity contribution in [3.8, 4) is 39.5 Å². The van der Waals surface area contributed by atoms with Crippen molar-refractivity contribution in [3.63, 3.8) is 0 Å². The number of amides is 1. The van der Waals surface area contributed by atoms with Crippen LogP contribution in [0.25, 0.3) is 33.8 Å². The zero-order chi connectivity index (χ0) is 36.0. The van der Waals surface area contributed by atoms with E-state index in [0.29, 0.717) is 66.1 Å². The van der Waals surface area contributed by atoms with Gasteiger partial charge in [0.15, 0.2) is 0 Å². The zero-order valence-corrected chi connectivity index (χ0v) is 28.3. The normalized spacial score (nSPS) is 17.2. The molecule has 0 unspecified atom stereocenters. The fraction of sp³-hybridized carbons (Fsp3) is 0.405. The highest BCUT2D eigenvalue weighted by atomic mass is 19.4. The Morgan fingerprint density at radius 2 is 1.82 bits per heavy atom. The van der Waals surface area contributed by atoms with Crippen LogP contribution in [0.3, 0.4) is 0 Å². The summed E-state index contributed by atoms with van der Waals surface area (Å²) in [5.41, 5.74) is 6.28. The molecule has 0 N–H and O–H groups in total. The summed E-state index contributed by atoms with van der Waals surface area (Å²) < 4.78 is 83.6. The lowest BCUT2D eigenvalue weighted by Crippen LogP contribution is -2.40. The number of fused-ring (bicyclic) bond motifs is 3. The molecule has 268 valence electrons. The van der Waals surface area contributed by atoms with Crippen molar-refractivity contribution in [1.29, 1.82) is 0 Å². The number of benzene rings is 1. The fourth-order valence-electron chi connectivity index (χ4n) is 7.53. The number of ether oxygens (including phenoxy) is 2. The van der Waals surface area contributed by atoms with Gasteiger partial charge in [-0.2, -0.15) is 18.3 Å². The van der Waals surface area contributed by atoms with E-state index in [-0.39, 0.29) is 49.6 Å². The number of methoxy groups -OCH3 is 1. The average molecular weight is 709 g/mol. The van der Waals surface area contributed by atoms with Crippen molar-refractivity contribution in [2.75, 3.05) is 40.0 Å². The molecule has 9 nitrogen and oxygen atoms in total. The number of carbonyl (C=O) groups excluding carboxylic acids is 1. The van der Waals surface area contributed by atoms with Crippen LogP contribution in [0.1, 0.15) is 47.5 Å². The molecule has 0 spiro atoms. The molecule has 1 amide bonds. The zero-order valence-electron chi connectivity index (χ0n) is 28.3. The van der Waals surface area contributed by atoms with Gasteiger partial charge in [-0.1, -0.05) is 6.58 Å². The van der Waals surface area contributed by atoms with Crippen molar-refractivity contribution >= 4 is 5.91 Å². The summed E-state index contributed by atoms with van der Waals surface area (Å²) >= 11 is 0. The lowest BCUT2D eigenvalue weighted by Gasteiger charge is -2.33. The number of halogens is 5. The molecular formula is C37H37F5N6O3.